The zero-order valence-electron chi connectivity index (χ0n) is 15.4. The Morgan fingerprint density at radius 2 is 1.89 bits per heavy atom. The van der Waals surface area contributed by atoms with Gasteiger partial charge in [0.2, 0.25) is 0 Å². The van der Waals surface area contributed by atoms with Crippen molar-refractivity contribution >= 4 is 13.6 Å². The number of nitrogens with zero attached hydrogens (tertiary/aromatic N) is 4. The van der Waals surface area contributed by atoms with Crippen LogP contribution >= 0.6 is 0 Å². The van der Waals surface area contributed by atoms with Crippen molar-refractivity contribution in [3.05, 3.63) is 48.3 Å². The van der Waals surface area contributed by atoms with Crippen LogP contribution in [0.3, 0.4) is 0 Å². The van der Waals surface area contributed by atoms with Gasteiger partial charge in [-0.1, -0.05) is 65.8 Å². The molecule has 2 fully saturated rings. The summed E-state index contributed by atoms with van der Waals surface area (Å²) in [5.41, 5.74) is 3.18. The smallest absolute Gasteiger partial charge is 0.281 e. The molecule has 4 atom stereocenters. The summed E-state index contributed by atoms with van der Waals surface area (Å²) in [6, 6.07) is 14.5. The lowest BCUT2D eigenvalue weighted by molar-refractivity contribution is -0.561. The number of rotatable bonds is 2. The van der Waals surface area contributed by atoms with Crippen LogP contribution in [-0.4, -0.2) is 33.9 Å². The van der Waals surface area contributed by atoms with Crippen LogP contribution in [0.1, 0.15) is 45.4 Å². The van der Waals surface area contributed by atoms with E-state index in [2.05, 4.69) is 49.6 Å². The predicted molar refractivity (Wildman–Crippen MR) is 107 cm³/mol. The summed E-state index contributed by atoms with van der Waals surface area (Å²) in [5.74, 6) is 1.46. The van der Waals surface area contributed by atoms with E-state index in [9.17, 15) is 5.11 Å². The maximum absolute atomic E-state index is 11.3. The summed E-state index contributed by atoms with van der Waals surface area (Å²) in [4.78, 5) is 0. The van der Waals surface area contributed by atoms with E-state index in [4.69, 9.17) is 10.2 Å². The van der Waals surface area contributed by atoms with Gasteiger partial charge in [0.15, 0.2) is 7.98 Å². The van der Waals surface area contributed by atoms with Gasteiger partial charge in [0.25, 0.3) is 11.5 Å². The minimum atomic E-state index is -0.362. The molecular weight excluding hydrogens is 335 g/mol. The molecule has 6 heteroatoms. The van der Waals surface area contributed by atoms with Crippen molar-refractivity contribution in [3.63, 3.8) is 0 Å². The molecule has 0 radical (unpaired) electrons. The molecule has 2 aliphatic carbocycles. The van der Waals surface area contributed by atoms with Gasteiger partial charge in [0.1, 0.15) is 5.69 Å². The summed E-state index contributed by atoms with van der Waals surface area (Å²) in [5, 5.41) is 21.2. The van der Waals surface area contributed by atoms with E-state index in [0.717, 1.165) is 35.6 Å². The van der Waals surface area contributed by atoms with Crippen molar-refractivity contribution < 1.29 is 9.70 Å². The number of aliphatic hydroxyl groups is 1. The first-order chi connectivity index (χ1) is 12.8. The second kappa shape index (κ2) is 5.41. The van der Waals surface area contributed by atoms with E-state index in [-0.39, 0.29) is 30.8 Å². The fourth-order valence-electron chi connectivity index (χ4n) is 5.43. The van der Waals surface area contributed by atoms with Crippen molar-refractivity contribution in [3.8, 4) is 11.3 Å². The average Bonchev–Trinajstić information content (AvgIpc) is 3.16. The van der Waals surface area contributed by atoms with E-state index in [0.29, 0.717) is 5.92 Å². The van der Waals surface area contributed by atoms with Gasteiger partial charge in [-0.25, -0.2) is 0 Å². The Kier molecular flexibility index (Phi) is 3.39. The van der Waals surface area contributed by atoms with Crippen LogP contribution in [0.5, 0.6) is 0 Å². The van der Waals surface area contributed by atoms with Crippen molar-refractivity contribution in [1.29, 1.82) is 0 Å². The molecule has 140 valence electrons. The molecule has 3 aromatic rings. The third kappa shape index (κ3) is 2.08. The van der Waals surface area contributed by atoms with E-state index in [1.165, 1.54) is 0 Å². The molecule has 0 amide bonds. The highest BCUT2D eigenvalue weighted by molar-refractivity contribution is 5.95. The first-order valence-corrected chi connectivity index (χ1v) is 9.39. The lowest BCUT2D eigenvalue weighted by Gasteiger charge is -2.36. The summed E-state index contributed by atoms with van der Waals surface area (Å²) in [6.07, 6.45) is 1.90. The average molecular weight is 362 g/mol. The van der Waals surface area contributed by atoms with E-state index in [1.807, 2.05) is 22.7 Å². The molecule has 0 aliphatic heterocycles. The van der Waals surface area contributed by atoms with Gasteiger partial charge in [0, 0.05) is 11.6 Å². The van der Waals surface area contributed by atoms with Gasteiger partial charge < -0.3 is 9.70 Å². The minimum Gasteiger partial charge on any atom is -0.392 e. The molecule has 5 nitrogen and oxygen atoms in total. The molecule has 1 aromatic carbocycles. The number of aromatic nitrogens is 4. The van der Waals surface area contributed by atoms with Gasteiger partial charge in [-0.15, -0.1) is 0 Å². The van der Waals surface area contributed by atoms with Crippen LogP contribution in [-0.2, 0) is 0 Å². The normalized spacial score (nSPS) is 31.7. The standard InChI is InChI=1S/C21H27BN4O/c1-20(2)14-11-12-21(20,3)18(27)17(14)19-24-26(22)16-10-9-15(23-25(16)19)13-7-5-4-6-8-13/h4-10,14,17-18,27H,11-12H2,1-3,22H3/t14?,17-,18+,21?/m0/s1. The summed E-state index contributed by atoms with van der Waals surface area (Å²) < 4.78 is 4.15. The molecule has 27 heavy (non-hydrogen) atoms. The Hall–Kier alpha value is -2.21. The lowest BCUT2D eigenvalue weighted by Crippen LogP contribution is -2.38. The molecule has 2 aliphatic rings. The summed E-state index contributed by atoms with van der Waals surface area (Å²) >= 11 is 0. The highest BCUT2D eigenvalue weighted by Crippen LogP contribution is 2.69. The maximum Gasteiger partial charge on any atom is 0.281 e. The van der Waals surface area contributed by atoms with Gasteiger partial charge in [-0.05, 0) is 35.7 Å². The van der Waals surface area contributed by atoms with Crippen LogP contribution in [0.2, 0.25) is 0 Å². The quantitative estimate of drug-likeness (QED) is 0.707. The first-order valence-electron chi connectivity index (χ1n) is 9.39. The lowest BCUT2D eigenvalue weighted by atomic mass is 9.70. The largest absolute Gasteiger partial charge is 0.392 e. The predicted octanol–water partition coefficient (Wildman–Crippen LogP) is 1.71. The van der Waals surface area contributed by atoms with Crippen molar-refractivity contribution in [2.45, 2.75) is 45.6 Å². The van der Waals surface area contributed by atoms with Crippen LogP contribution in [0.4, 0.5) is 0 Å². The van der Waals surface area contributed by atoms with Crippen molar-refractivity contribution in [2.24, 2.45) is 16.7 Å². The second-order valence-electron chi connectivity index (χ2n) is 8.67. The molecule has 2 saturated carbocycles. The third-order valence-corrected chi connectivity index (χ3v) is 7.45. The fraction of sp³-hybridized carbons (Fsp3) is 0.476. The zero-order chi connectivity index (χ0) is 19.0. The van der Waals surface area contributed by atoms with E-state index < -0.39 is 0 Å². The topological polar surface area (TPSA) is 54.3 Å². The zero-order valence-corrected chi connectivity index (χ0v) is 15.4. The SMILES string of the molecule is [BH3-][n+]1nc([C@H]2C3CCC(C)([C@@H]2O)C3(C)C)n2nc(-c3ccccc3)ccc21. The Balaban J connectivity index is 1.68. The van der Waals surface area contributed by atoms with Crippen molar-refractivity contribution in [1.82, 2.24) is 14.7 Å². The van der Waals surface area contributed by atoms with Crippen LogP contribution in [0.15, 0.2) is 42.5 Å². The summed E-state index contributed by atoms with van der Waals surface area (Å²) in [7, 11) is -0.140. The van der Waals surface area contributed by atoms with E-state index in [1.54, 1.807) is 0 Å². The van der Waals surface area contributed by atoms with E-state index >= 15 is 0 Å². The Morgan fingerprint density at radius 1 is 1.15 bits per heavy atom. The van der Waals surface area contributed by atoms with Crippen LogP contribution in [0, 0.1) is 16.7 Å². The first kappa shape index (κ1) is 16.9. The summed E-state index contributed by atoms with van der Waals surface area (Å²) in [6.45, 7) is 6.92. The molecule has 1 N–H and O–H groups in total. The van der Waals surface area contributed by atoms with Gasteiger partial charge in [-0.2, -0.15) is 0 Å². The highest BCUT2D eigenvalue weighted by atomic mass is 16.3. The fourth-order valence-corrected chi connectivity index (χ4v) is 5.43. The molecule has 2 bridgehead atoms. The van der Waals surface area contributed by atoms with Crippen LogP contribution < -0.4 is 4.59 Å². The van der Waals surface area contributed by atoms with Crippen LogP contribution in [0.25, 0.3) is 16.9 Å². The Bertz CT molecular complexity index is 1030. The number of aliphatic hydroxyl groups excluding tert-OH is 1. The molecule has 5 rings (SSSR count). The number of hydrogen-bond acceptors (Lipinski definition) is 3. The van der Waals surface area contributed by atoms with Crippen molar-refractivity contribution in [2.75, 3.05) is 0 Å². The molecule has 2 aromatic heterocycles. The third-order valence-electron chi connectivity index (χ3n) is 7.45. The Morgan fingerprint density at radius 3 is 2.56 bits per heavy atom. The number of hydrogen-bond donors (Lipinski definition) is 1. The molecule has 0 saturated heterocycles. The monoisotopic (exact) mass is 362 g/mol. The molecule has 0 spiro atoms. The number of benzene rings is 1. The highest BCUT2D eigenvalue weighted by Gasteiger charge is 2.68. The van der Waals surface area contributed by atoms with Gasteiger partial charge >= 0.3 is 0 Å². The molecule has 2 heterocycles. The maximum atomic E-state index is 11.3. The van der Waals surface area contributed by atoms with Gasteiger partial charge in [0.05, 0.1) is 12.0 Å². The molecule has 2 unspecified atom stereocenters. The Labute approximate surface area is 160 Å². The second-order valence-corrected chi connectivity index (χ2v) is 8.67. The van der Waals surface area contributed by atoms with Gasteiger partial charge in [-0.3, -0.25) is 0 Å². The molecular formula is C21H27BN4O. The number of fused-ring (bicyclic) bond motifs is 3. The minimum absolute atomic E-state index is 0.0453.